The zero-order chi connectivity index (χ0) is 17.0. The van der Waals surface area contributed by atoms with Gasteiger partial charge in [-0.3, -0.25) is 4.79 Å². The third-order valence-corrected chi connectivity index (χ3v) is 2.80. The number of aliphatic hydroxyl groups is 2. The summed E-state index contributed by atoms with van der Waals surface area (Å²) in [5.41, 5.74) is -0.299. The Labute approximate surface area is 129 Å². The van der Waals surface area contributed by atoms with Gasteiger partial charge in [0.05, 0.1) is 12.2 Å². The molecule has 0 aromatic heterocycles. The van der Waals surface area contributed by atoms with E-state index in [1.165, 1.54) is 24.3 Å². The molecule has 1 aromatic carbocycles. The third kappa shape index (κ3) is 4.37. The van der Waals surface area contributed by atoms with Crippen LogP contribution in [0.15, 0.2) is 24.3 Å². The highest BCUT2D eigenvalue weighted by atomic mass is 16.7. The van der Waals surface area contributed by atoms with E-state index in [0.29, 0.717) is 11.8 Å². The van der Waals surface area contributed by atoms with Gasteiger partial charge in [-0.1, -0.05) is 24.3 Å². The predicted molar refractivity (Wildman–Crippen MR) is 79.2 cm³/mol. The highest BCUT2D eigenvalue weighted by molar-refractivity contribution is 5.77. The fourth-order valence-electron chi connectivity index (χ4n) is 1.92. The van der Waals surface area contributed by atoms with Crippen LogP contribution in [-0.2, 0) is 20.1 Å². The van der Waals surface area contributed by atoms with E-state index in [9.17, 15) is 19.8 Å². The van der Waals surface area contributed by atoms with E-state index in [0.717, 1.165) is 0 Å². The predicted octanol–water partition coefficient (Wildman–Crippen LogP) is 1.38. The van der Waals surface area contributed by atoms with Crippen LogP contribution >= 0.6 is 0 Å². The largest absolute Gasteiger partial charge is 0.464 e. The summed E-state index contributed by atoms with van der Waals surface area (Å²) in [7, 11) is 0. The van der Waals surface area contributed by atoms with Gasteiger partial charge in [0.2, 0.25) is 11.9 Å². The maximum atomic E-state index is 11.8. The molecule has 1 aromatic rings. The number of aliphatic hydroxyl groups excluding tert-OH is 1. The van der Waals surface area contributed by atoms with E-state index in [-0.39, 0.29) is 12.2 Å². The maximum Gasteiger partial charge on any atom is 0.341 e. The molecule has 0 saturated heterocycles. The molecule has 0 aliphatic carbocycles. The lowest BCUT2D eigenvalue weighted by Crippen LogP contribution is -2.51. The molecule has 0 aliphatic heterocycles. The minimum Gasteiger partial charge on any atom is -0.464 e. The number of hydrogen-bond donors (Lipinski definition) is 2. The molecule has 0 saturated carbocycles. The van der Waals surface area contributed by atoms with Gasteiger partial charge < -0.3 is 19.7 Å². The van der Waals surface area contributed by atoms with Gasteiger partial charge in [-0.25, -0.2) is 4.79 Å². The van der Waals surface area contributed by atoms with Crippen molar-refractivity contribution in [3.05, 3.63) is 35.4 Å². The van der Waals surface area contributed by atoms with E-state index in [4.69, 9.17) is 9.47 Å². The van der Waals surface area contributed by atoms with Crippen molar-refractivity contribution in [1.29, 1.82) is 0 Å². The molecule has 2 atom stereocenters. The summed E-state index contributed by atoms with van der Waals surface area (Å²) in [6.07, 6.45) is -1.27. The molecule has 0 aliphatic rings. The van der Waals surface area contributed by atoms with Crippen molar-refractivity contribution in [2.75, 3.05) is 6.61 Å². The third-order valence-electron chi connectivity index (χ3n) is 2.80. The number of hydrogen-bond acceptors (Lipinski definition) is 6. The Balaban J connectivity index is 3.25. The first-order valence-electron chi connectivity index (χ1n) is 6.97. The fourth-order valence-corrected chi connectivity index (χ4v) is 1.92. The zero-order valence-corrected chi connectivity index (χ0v) is 13.2. The van der Waals surface area contributed by atoms with Gasteiger partial charge in [-0.15, -0.1) is 0 Å². The minimum absolute atomic E-state index is 0.0611. The van der Waals surface area contributed by atoms with Gasteiger partial charge in [0.15, 0.2) is 0 Å². The topological polar surface area (TPSA) is 93.1 Å². The Morgan fingerprint density at radius 2 is 1.82 bits per heavy atom. The molecule has 0 heterocycles. The molecule has 122 valence electrons. The molecule has 22 heavy (non-hydrogen) atoms. The molecule has 2 unspecified atom stereocenters. The summed E-state index contributed by atoms with van der Waals surface area (Å²) in [5, 5.41) is 21.0. The van der Waals surface area contributed by atoms with Gasteiger partial charge in [-0.2, -0.15) is 0 Å². The first-order chi connectivity index (χ1) is 10.1. The lowest BCUT2D eigenvalue weighted by molar-refractivity contribution is -0.302. The first-order valence-corrected chi connectivity index (χ1v) is 6.97. The molecule has 0 radical (unpaired) electrons. The van der Waals surface area contributed by atoms with Gasteiger partial charge >= 0.3 is 5.97 Å². The molecule has 1 rings (SSSR count). The number of benzene rings is 1. The molecule has 2 N–H and O–H groups in total. The van der Waals surface area contributed by atoms with Crippen molar-refractivity contribution in [2.24, 2.45) is 0 Å². The van der Waals surface area contributed by atoms with Crippen LogP contribution in [-0.4, -0.2) is 40.8 Å². The Bertz CT molecular complexity index is 516. The summed E-state index contributed by atoms with van der Waals surface area (Å²) in [6, 6.07) is 5.74. The summed E-state index contributed by atoms with van der Waals surface area (Å²) < 4.78 is 10.3. The van der Waals surface area contributed by atoms with E-state index in [1.807, 2.05) is 0 Å². The van der Waals surface area contributed by atoms with Crippen molar-refractivity contribution >= 4 is 12.3 Å². The van der Waals surface area contributed by atoms with Gasteiger partial charge in [0.1, 0.15) is 6.29 Å². The smallest absolute Gasteiger partial charge is 0.341 e. The number of ether oxygens (including phenoxy) is 2. The molecule has 0 bridgehead atoms. The SMILES string of the molecule is CCOC(=O)C(O)C(O)(OC(C)(C)C)c1ccc(C=O)cc1. The summed E-state index contributed by atoms with van der Waals surface area (Å²) in [4.78, 5) is 22.5. The van der Waals surface area contributed by atoms with Crippen LogP contribution in [0.25, 0.3) is 0 Å². The van der Waals surface area contributed by atoms with Crippen LogP contribution in [0.1, 0.15) is 43.6 Å². The van der Waals surface area contributed by atoms with Gasteiger partial charge in [0.25, 0.3) is 0 Å². The molecule has 0 spiro atoms. The van der Waals surface area contributed by atoms with Crippen molar-refractivity contribution in [1.82, 2.24) is 0 Å². The van der Waals surface area contributed by atoms with Crippen LogP contribution in [0.3, 0.4) is 0 Å². The van der Waals surface area contributed by atoms with Crippen molar-refractivity contribution in [3.63, 3.8) is 0 Å². The summed E-state index contributed by atoms with van der Waals surface area (Å²) in [5.74, 6) is -3.28. The summed E-state index contributed by atoms with van der Waals surface area (Å²) >= 11 is 0. The number of esters is 1. The summed E-state index contributed by atoms with van der Waals surface area (Å²) in [6.45, 7) is 6.68. The highest BCUT2D eigenvalue weighted by Gasteiger charge is 2.47. The van der Waals surface area contributed by atoms with Crippen molar-refractivity contribution in [2.45, 2.75) is 45.2 Å². The van der Waals surface area contributed by atoms with E-state index < -0.39 is 23.5 Å². The standard InChI is InChI=1S/C16H22O6/c1-5-21-14(19)13(18)16(20,22-15(2,3)4)12-8-6-11(10-17)7-9-12/h6-10,13,18,20H,5H2,1-4H3. The quantitative estimate of drug-likeness (QED) is 0.468. The number of carbonyl (C=O) groups is 2. The Kier molecular flexibility index (Phi) is 5.82. The van der Waals surface area contributed by atoms with Crippen LogP contribution in [0.5, 0.6) is 0 Å². The monoisotopic (exact) mass is 310 g/mol. The van der Waals surface area contributed by atoms with Crippen LogP contribution < -0.4 is 0 Å². The number of aldehydes is 1. The molecular weight excluding hydrogens is 288 g/mol. The molecule has 0 amide bonds. The Morgan fingerprint density at radius 1 is 1.27 bits per heavy atom. The van der Waals surface area contributed by atoms with E-state index in [2.05, 4.69) is 0 Å². The molecule has 6 nitrogen and oxygen atoms in total. The second kappa shape index (κ2) is 7.00. The molecule has 0 fully saturated rings. The lowest BCUT2D eigenvalue weighted by atomic mass is 9.97. The van der Waals surface area contributed by atoms with Gasteiger partial charge in [0, 0.05) is 11.1 Å². The second-order valence-corrected chi connectivity index (χ2v) is 5.81. The maximum absolute atomic E-state index is 11.8. The first kappa shape index (κ1) is 18.3. The van der Waals surface area contributed by atoms with Gasteiger partial charge in [-0.05, 0) is 27.7 Å². The fraction of sp³-hybridized carbons (Fsp3) is 0.500. The number of carbonyl (C=O) groups excluding carboxylic acids is 2. The van der Waals surface area contributed by atoms with E-state index >= 15 is 0 Å². The Hall–Kier alpha value is -1.76. The Morgan fingerprint density at radius 3 is 2.23 bits per heavy atom. The average Bonchev–Trinajstić information content (AvgIpc) is 2.45. The highest BCUT2D eigenvalue weighted by Crippen LogP contribution is 2.32. The lowest BCUT2D eigenvalue weighted by Gasteiger charge is -2.37. The normalized spacial score (nSPS) is 15.7. The van der Waals surface area contributed by atoms with Crippen molar-refractivity contribution in [3.8, 4) is 0 Å². The van der Waals surface area contributed by atoms with Crippen LogP contribution in [0.4, 0.5) is 0 Å². The average molecular weight is 310 g/mol. The van der Waals surface area contributed by atoms with Crippen LogP contribution in [0, 0.1) is 0 Å². The van der Waals surface area contributed by atoms with Crippen LogP contribution in [0.2, 0.25) is 0 Å². The van der Waals surface area contributed by atoms with Crippen molar-refractivity contribution < 1.29 is 29.3 Å². The second-order valence-electron chi connectivity index (χ2n) is 5.81. The number of rotatable bonds is 6. The van der Waals surface area contributed by atoms with E-state index in [1.54, 1.807) is 27.7 Å². The zero-order valence-electron chi connectivity index (χ0n) is 13.2. The molecular formula is C16H22O6. The molecule has 6 heteroatoms. The minimum atomic E-state index is -2.29.